The van der Waals surface area contributed by atoms with Crippen molar-refractivity contribution in [3.05, 3.63) is 22.2 Å². The van der Waals surface area contributed by atoms with Crippen LogP contribution in [-0.4, -0.2) is 25.5 Å². The fourth-order valence-corrected chi connectivity index (χ4v) is 2.68. The van der Waals surface area contributed by atoms with E-state index in [1.54, 1.807) is 6.92 Å². The third-order valence-electron chi connectivity index (χ3n) is 3.67. The first kappa shape index (κ1) is 12.8. The molecule has 0 bridgehead atoms. The van der Waals surface area contributed by atoms with Gasteiger partial charge in [-0.1, -0.05) is 19.3 Å². The number of hydrogen-bond acceptors (Lipinski definition) is 4. The molecule has 2 N–H and O–H groups in total. The largest absolute Gasteiger partial charge is 0.310 e. The number of anilines is 1. The lowest BCUT2D eigenvalue weighted by Gasteiger charge is -2.20. The second-order valence-corrected chi connectivity index (χ2v) is 5.24. The van der Waals surface area contributed by atoms with Gasteiger partial charge in [-0.25, -0.2) is 0 Å². The molecule has 1 fully saturated rings. The highest BCUT2D eigenvalue weighted by molar-refractivity contribution is 5.91. The van der Waals surface area contributed by atoms with Gasteiger partial charge in [-0.15, -0.1) is 5.10 Å². The predicted molar refractivity (Wildman–Crippen MR) is 73.5 cm³/mol. The Hall–Kier alpha value is -2.18. The van der Waals surface area contributed by atoms with Crippen molar-refractivity contribution in [3.63, 3.8) is 0 Å². The van der Waals surface area contributed by atoms with Gasteiger partial charge in [0.25, 0.3) is 5.56 Å². The van der Waals surface area contributed by atoms with Crippen molar-refractivity contribution < 1.29 is 4.79 Å². The van der Waals surface area contributed by atoms with Crippen LogP contribution in [-0.2, 0) is 4.79 Å². The van der Waals surface area contributed by atoms with Gasteiger partial charge < -0.3 is 5.32 Å². The van der Waals surface area contributed by atoms with Crippen LogP contribution in [0.25, 0.3) is 5.78 Å². The van der Waals surface area contributed by atoms with Crippen molar-refractivity contribution in [2.45, 2.75) is 39.0 Å². The molecule has 106 valence electrons. The molecule has 1 aliphatic rings. The maximum Gasteiger partial charge on any atom is 0.254 e. The topological polar surface area (TPSA) is 92.1 Å². The summed E-state index contributed by atoms with van der Waals surface area (Å²) in [7, 11) is 0. The van der Waals surface area contributed by atoms with Gasteiger partial charge in [0, 0.05) is 12.0 Å². The summed E-state index contributed by atoms with van der Waals surface area (Å²) in [4.78, 5) is 30.5. The average Bonchev–Trinajstić information content (AvgIpc) is 2.80. The SMILES string of the molecule is Cc1nc2[nH]c(=O)cc(NC(=O)C3CCCCC3)n2n1. The molecule has 0 aromatic carbocycles. The second kappa shape index (κ2) is 5.07. The molecule has 0 aliphatic heterocycles. The van der Waals surface area contributed by atoms with E-state index in [2.05, 4.69) is 20.4 Å². The zero-order valence-electron chi connectivity index (χ0n) is 11.3. The standard InChI is InChI=1S/C13H17N5O2/c1-8-14-13-16-11(19)7-10(18(13)17-8)15-12(20)9-5-3-2-4-6-9/h7,9H,2-6H2,1H3,(H,15,20)(H,14,16,17,19). The number of hydrogen-bond donors (Lipinski definition) is 2. The lowest BCUT2D eigenvalue weighted by molar-refractivity contribution is -0.120. The Balaban J connectivity index is 1.89. The molecule has 1 amide bonds. The number of aromatic nitrogens is 4. The maximum absolute atomic E-state index is 12.2. The van der Waals surface area contributed by atoms with Gasteiger partial charge in [-0.3, -0.25) is 14.6 Å². The second-order valence-electron chi connectivity index (χ2n) is 5.24. The van der Waals surface area contributed by atoms with Crippen LogP contribution in [0.15, 0.2) is 10.9 Å². The Morgan fingerprint density at radius 2 is 2.15 bits per heavy atom. The smallest absolute Gasteiger partial charge is 0.254 e. The van der Waals surface area contributed by atoms with E-state index in [1.807, 2.05) is 0 Å². The molecule has 1 saturated carbocycles. The van der Waals surface area contributed by atoms with E-state index in [1.165, 1.54) is 17.0 Å². The fourth-order valence-electron chi connectivity index (χ4n) is 2.68. The number of H-pyrrole nitrogens is 1. The molecule has 7 heteroatoms. The van der Waals surface area contributed by atoms with Crippen molar-refractivity contribution in [2.24, 2.45) is 5.92 Å². The number of fused-ring (bicyclic) bond motifs is 1. The Morgan fingerprint density at radius 3 is 2.90 bits per heavy atom. The number of nitrogens with zero attached hydrogens (tertiary/aromatic N) is 3. The van der Waals surface area contributed by atoms with Crippen LogP contribution in [0.3, 0.4) is 0 Å². The van der Waals surface area contributed by atoms with E-state index in [-0.39, 0.29) is 17.4 Å². The number of rotatable bonds is 2. The highest BCUT2D eigenvalue weighted by Crippen LogP contribution is 2.24. The number of amides is 1. The summed E-state index contributed by atoms with van der Waals surface area (Å²) in [5.74, 6) is 1.25. The molecule has 20 heavy (non-hydrogen) atoms. The van der Waals surface area contributed by atoms with Crippen molar-refractivity contribution in [2.75, 3.05) is 5.32 Å². The molecule has 7 nitrogen and oxygen atoms in total. The minimum absolute atomic E-state index is 0.0303. The van der Waals surface area contributed by atoms with Crippen LogP contribution in [0.1, 0.15) is 37.9 Å². The Morgan fingerprint density at radius 1 is 1.40 bits per heavy atom. The average molecular weight is 275 g/mol. The third kappa shape index (κ3) is 2.43. The Labute approximate surface area is 115 Å². The zero-order chi connectivity index (χ0) is 14.1. The van der Waals surface area contributed by atoms with Crippen LogP contribution in [0.2, 0.25) is 0 Å². The van der Waals surface area contributed by atoms with Gasteiger partial charge in [-0.2, -0.15) is 9.50 Å². The maximum atomic E-state index is 12.2. The minimum atomic E-state index is -0.302. The molecule has 0 spiro atoms. The third-order valence-corrected chi connectivity index (χ3v) is 3.67. The zero-order valence-corrected chi connectivity index (χ0v) is 11.3. The van der Waals surface area contributed by atoms with Gasteiger partial charge in [0.05, 0.1) is 0 Å². The summed E-state index contributed by atoms with van der Waals surface area (Å²) in [6, 6.07) is 1.34. The lowest BCUT2D eigenvalue weighted by Crippen LogP contribution is -2.27. The molecule has 0 radical (unpaired) electrons. The first-order valence-corrected chi connectivity index (χ1v) is 6.91. The van der Waals surface area contributed by atoms with Gasteiger partial charge in [-0.05, 0) is 19.8 Å². The van der Waals surface area contributed by atoms with Gasteiger partial charge in [0.15, 0.2) is 0 Å². The van der Waals surface area contributed by atoms with Crippen LogP contribution in [0.4, 0.5) is 5.82 Å². The van der Waals surface area contributed by atoms with E-state index in [9.17, 15) is 9.59 Å². The first-order valence-electron chi connectivity index (χ1n) is 6.91. The van der Waals surface area contributed by atoms with E-state index in [0.29, 0.717) is 17.4 Å². The summed E-state index contributed by atoms with van der Waals surface area (Å²) in [5.41, 5.74) is -0.302. The molecule has 3 rings (SSSR count). The Bertz CT molecular complexity index is 696. The van der Waals surface area contributed by atoms with Crippen LogP contribution in [0.5, 0.6) is 0 Å². The molecule has 0 saturated heterocycles. The predicted octanol–water partition coefficient (Wildman–Crippen LogP) is 1.24. The van der Waals surface area contributed by atoms with E-state index in [4.69, 9.17) is 0 Å². The molecule has 1 aliphatic carbocycles. The molecule has 0 unspecified atom stereocenters. The molecule has 2 heterocycles. The van der Waals surface area contributed by atoms with Gasteiger partial charge >= 0.3 is 0 Å². The molecule has 2 aromatic rings. The van der Waals surface area contributed by atoms with Crippen molar-refractivity contribution in [3.8, 4) is 0 Å². The van der Waals surface area contributed by atoms with Crippen molar-refractivity contribution >= 4 is 17.5 Å². The fraction of sp³-hybridized carbons (Fsp3) is 0.538. The van der Waals surface area contributed by atoms with E-state index >= 15 is 0 Å². The number of nitrogens with one attached hydrogen (secondary N) is 2. The van der Waals surface area contributed by atoms with E-state index < -0.39 is 0 Å². The summed E-state index contributed by atoms with van der Waals surface area (Å²) in [6.45, 7) is 1.73. The quantitative estimate of drug-likeness (QED) is 0.862. The summed E-state index contributed by atoms with van der Waals surface area (Å²) < 4.78 is 1.46. The van der Waals surface area contributed by atoms with Crippen molar-refractivity contribution in [1.29, 1.82) is 0 Å². The van der Waals surface area contributed by atoms with Gasteiger partial charge in [0.1, 0.15) is 11.6 Å². The number of carbonyl (C=O) groups excluding carboxylic acids is 1. The number of aromatic amines is 1. The monoisotopic (exact) mass is 275 g/mol. The molecular formula is C13H17N5O2. The first-order chi connectivity index (χ1) is 9.63. The lowest BCUT2D eigenvalue weighted by atomic mass is 9.89. The van der Waals surface area contributed by atoms with Crippen LogP contribution in [0, 0.1) is 12.8 Å². The summed E-state index contributed by atoms with van der Waals surface area (Å²) in [6.07, 6.45) is 5.20. The number of carbonyl (C=O) groups is 1. The van der Waals surface area contributed by atoms with Crippen molar-refractivity contribution in [1.82, 2.24) is 19.6 Å². The highest BCUT2D eigenvalue weighted by atomic mass is 16.2. The van der Waals surface area contributed by atoms with Gasteiger partial charge in [0.2, 0.25) is 11.7 Å². The summed E-state index contributed by atoms with van der Waals surface area (Å²) in [5, 5.41) is 6.98. The molecule has 2 aromatic heterocycles. The molecular weight excluding hydrogens is 258 g/mol. The highest BCUT2D eigenvalue weighted by Gasteiger charge is 2.22. The normalized spacial score (nSPS) is 16.4. The van der Waals surface area contributed by atoms with Crippen LogP contribution >= 0.6 is 0 Å². The Kier molecular flexibility index (Phi) is 3.25. The number of aryl methyl sites for hydroxylation is 1. The molecule has 0 atom stereocenters. The van der Waals surface area contributed by atoms with E-state index in [0.717, 1.165) is 25.7 Å². The minimum Gasteiger partial charge on any atom is -0.310 e. The van der Waals surface area contributed by atoms with Crippen LogP contribution < -0.4 is 10.9 Å². The summed E-state index contributed by atoms with van der Waals surface area (Å²) >= 11 is 0.